The van der Waals surface area contributed by atoms with Crippen molar-refractivity contribution in [1.82, 2.24) is 9.55 Å². The lowest BCUT2D eigenvalue weighted by Crippen LogP contribution is -1.92. The Kier molecular flexibility index (Phi) is 4.94. The number of nitrogens with zero attached hydrogens (tertiary/aromatic N) is 2. The van der Waals surface area contributed by atoms with Gasteiger partial charge < -0.3 is 4.57 Å². The number of hydrogen-bond acceptors (Lipinski definition) is 1. The largest absolute Gasteiger partial charge is 0.305 e. The molecule has 0 aliphatic carbocycles. The topological polar surface area (TPSA) is 17.8 Å². The lowest BCUT2D eigenvalue weighted by atomic mass is 10.0. The van der Waals surface area contributed by atoms with Gasteiger partial charge in [-0.3, -0.25) is 0 Å². The molecule has 0 aliphatic rings. The van der Waals surface area contributed by atoms with Gasteiger partial charge in [0.1, 0.15) is 5.65 Å². The molecule has 0 N–H and O–H groups in total. The molecule has 2 aromatic heterocycles. The van der Waals surface area contributed by atoms with Gasteiger partial charge in [-0.1, -0.05) is 31.7 Å². The first kappa shape index (κ1) is 15.0. The van der Waals surface area contributed by atoms with Gasteiger partial charge in [0, 0.05) is 23.5 Å². The van der Waals surface area contributed by atoms with Crippen LogP contribution in [0.2, 0.25) is 0 Å². The van der Waals surface area contributed by atoms with Crippen LogP contribution in [-0.2, 0) is 0 Å². The lowest BCUT2D eigenvalue weighted by molar-refractivity contribution is 1.11. The van der Waals surface area contributed by atoms with Crippen LogP contribution in [0.25, 0.3) is 16.7 Å². The summed E-state index contributed by atoms with van der Waals surface area (Å²) in [5, 5.41) is 1.15. The number of pyridine rings is 1. The zero-order valence-electron chi connectivity index (χ0n) is 13.0. The highest BCUT2D eigenvalue weighted by Crippen LogP contribution is 2.18. The molecule has 2 heterocycles. The minimum absolute atomic E-state index is 0.955. The van der Waals surface area contributed by atoms with E-state index in [1.807, 2.05) is 25.3 Å². The van der Waals surface area contributed by atoms with E-state index in [0.29, 0.717) is 0 Å². The molecule has 2 aromatic rings. The van der Waals surface area contributed by atoms with Crippen LogP contribution in [0.3, 0.4) is 0 Å². The SMILES string of the molecule is C=C(CC)C(/C=C/C)=C/C=C(\C)n1ccc2cccnc21. The molecule has 0 spiro atoms. The van der Waals surface area contributed by atoms with E-state index >= 15 is 0 Å². The van der Waals surface area contributed by atoms with E-state index in [4.69, 9.17) is 0 Å². The zero-order chi connectivity index (χ0) is 15.2. The molecule has 0 amide bonds. The predicted molar refractivity (Wildman–Crippen MR) is 92.0 cm³/mol. The molecule has 0 unspecified atom stereocenters. The molecule has 2 heteroatoms. The summed E-state index contributed by atoms with van der Waals surface area (Å²) >= 11 is 0. The fraction of sp³-hybridized carbons (Fsp3) is 0.211. The maximum atomic E-state index is 4.45. The second kappa shape index (κ2) is 6.89. The van der Waals surface area contributed by atoms with Crippen molar-refractivity contribution in [2.45, 2.75) is 27.2 Å². The molecular weight excluding hydrogens is 256 g/mol. The molecule has 0 aromatic carbocycles. The van der Waals surface area contributed by atoms with Crippen molar-refractivity contribution in [1.29, 1.82) is 0 Å². The summed E-state index contributed by atoms with van der Waals surface area (Å²) < 4.78 is 2.10. The Labute approximate surface area is 126 Å². The molecule has 0 saturated heterocycles. The third-order valence-corrected chi connectivity index (χ3v) is 3.51. The van der Waals surface area contributed by atoms with Crippen molar-refractivity contribution in [2.24, 2.45) is 0 Å². The van der Waals surface area contributed by atoms with Crippen LogP contribution in [0.15, 0.2) is 72.6 Å². The Balaban J connectivity index is 2.38. The van der Waals surface area contributed by atoms with Gasteiger partial charge in [-0.25, -0.2) is 4.98 Å². The highest BCUT2D eigenvalue weighted by molar-refractivity contribution is 5.79. The van der Waals surface area contributed by atoms with E-state index in [2.05, 4.69) is 66.5 Å². The van der Waals surface area contributed by atoms with Crippen LogP contribution >= 0.6 is 0 Å². The third kappa shape index (κ3) is 3.40. The molecule has 0 fully saturated rings. The fourth-order valence-electron chi connectivity index (χ4n) is 2.22. The first-order valence-corrected chi connectivity index (χ1v) is 7.29. The van der Waals surface area contributed by atoms with Crippen molar-refractivity contribution < 1.29 is 0 Å². The first-order valence-electron chi connectivity index (χ1n) is 7.29. The van der Waals surface area contributed by atoms with Gasteiger partial charge >= 0.3 is 0 Å². The van der Waals surface area contributed by atoms with Crippen molar-refractivity contribution >= 4 is 16.7 Å². The van der Waals surface area contributed by atoms with Crippen LogP contribution < -0.4 is 0 Å². The highest BCUT2D eigenvalue weighted by atomic mass is 15.0. The van der Waals surface area contributed by atoms with Crippen LogP contribution in [0.5, 0.6) is 0 Å². The quantitative estimate of drug-likeness (QED) is 0.673. The first-order chi connectivity index (χ1) is 10.2. The molecule has 21 heavy (non-hydrogen) atoms. The van der Waals surface area contributed by atoms with Gasteiger partial charge in [0.25, 0.3) is 0 Å². The molecule has 0 atom stereocenters. The van der Waals surface area contributed by atoms with E-state index < -0.39 is 0 Å². The Hall–Kier alpha value is -2.35. The number of rotatable bonds is 5. The molecule has 0 saturated carbocycles. The van der Waals surface area contributed by atoms with Crippen LogP contribution in [-0.4, -0.2) is 9.55 Å². The Morgan fingerprint density at radius 1 is 1.33 bits per heavy atom. The summed E-state index contributed by atoms with van der Waals surface area (Å²) in [6.07, 6.45) is 13.2. The molecule has 0 bridgehead atoms. The number of hydrogen-bond donors (Lipinski definition) is 0. The molecule has 108 valence electrons. The predicted octanol–water partition coefficient (Wildman–Crippen LogP) is 5.37. The minimum Gasteiger partial charge on any atom is -0.305 e. The van der Waals surface area contributed by atoms with E-state index in [9.17, 15) is 0 Å². The Morgan fingerprint density at radius 2 is 2.14 bits per heavy atom. The third-order valence-electron chi connectivity index (χ3n) is 3.51. The number of aromatic nitrogens is 2. The van der Waals surface area contributed by atoms with Crippen LogP contribution in [0.4, 0.5) is 0 Å². The average Bonchev–Trinajstić information content (AvgIpc) is 2.94. The van der Waals surface area contributed by atoms with Crippen molar-refractivity contribution in [3.05, 3.63) is 72.6 Å². The maximum Gasteiger partial charge on any atom is 0.144 e. The van der Waals surface area contributed by atoms with E-state index in [-0.39, 0.29) is 0 Å². The highest BCUT2D eigenvalue weighted by Gasteiger charge is 2.02. The summed E-state index contributed by atoms with van der Waals surface area (Å²) in [6.45, 7) is 10.4. The lowest BCUT2D eigenvalue weighted by Gasteiger charge is -2.05. The Bertz CT molecular complexity index is 727. The summed E-state index contributed by atoms with van der Waals surface area (Å²) in [5.74, 6) is 0. The molecule has 2 nitrogen and oxygen atoms in total. The van der Waals surface area contributed by atoms with E-state index in [0.717, 1.165) is 28.7 Å². The second-order valence-corrected chi connectivity index (χ2v) is 4.99. The zero-order valence-corrected chi connectivity index (χ0v) is 13.0. The molecule has 0 aliphatic heterocycles. The summed E-state index contributed by atoms with van der Waals surface area (Å²) in [7, 11) is 0. The van der Waals surface area contributed by atoms with Crippen molar-refractivity contribution in [3.8, 4) is 0 Å². The van der Waals surface area contributed by atoms with Gasteiger partial charge in [0.15, 0.2) is 0 Å². The minimum atomic E-state index is 0.955. The second-order valence-electron chi connectivity index (χ2n) is 4.99. The summed E-state index contributed by atoms with van der Waals surface area (Å²) in [5.41, 5.74) is 4.44. The van der Waals surface area contributed by atoms with E-state index in [1.165, 1.54) is 5.57 Å². The molecular formula is C19H22N2. The molecule has 2 rings (SSSR count). The maximum absolute atomic E-state index is 4.45. The van der Waals surface area contributed by atoms with Gasteiger partial charge in [-0.05, 0) is 55.7 Å². The number of fused-ring (bicyclic) bond motifs is 1. The van der Waals surface area contributed by atoms with Crippen molar-refractivity contribution in [3.63, 3.8) is 0 Å². The standard InChI is InChI=1S/C19H22N2/c1-5-8-17(15(3)6-2)11-10-16(4)21-14-12-18-9-7-13-20-19(18)21/h5,7-14H,3,6H2,1-2,4H3/b8-5+,16-10+,17-11+. The Morgan fingerprint density at radius 3 is 2.86 bits per heavy atom. The fourth-order valence-corrected chi connectivity index (χ4v) is 2.22. The van der Waals surface area contributed by atoms with Gasteiger partial charge in [0.2, 0.25) is 0 Å². The van der Waals surface area contributed by atoms with E-state index in [1.54, 1.807) is 0 Å². The van der Waals surface area contributed by atoms with Gasteiger partial charge in [-0.15, -0.1) is 0 Å². The molecule has 0 radical (unpaired) electrons. The van der Waals surface area contributed by atoms with Gasteiger partial charge in [0.05, 0.1) is 0 Å². The average molecular weight is 278 g/mol. The smallest absolute Gasteiger partial charge is 0.144 e. The van der Waals surface area contributed by atoms with Gasteiger partial charge in [-0.2, -0.15) is 0 Å². The monoisotopic (exact) mass is 278 g/mol. The summed E-state index contributed by atoms with van der Waals surface area (Å²) in [4.78, 5) is 4.45. The number of allylic oxidation sites excluding steroid dienone is 7. The van der Waals surface area contributed by atoms with Crippen LogP contribution in [0, 0.1) is 0 Å². The normalized spacial score (nSPS) is 13.3. The van der Waals surface area contributed by atoms with Crippen LogP contribution in [0.1, 0.15) is 27.2 Å². The van der Waals surface area contributed by atoms with Crippen molar-refractivity contribution in [2.75, 3.05) is 0 Å². The summed E-state index contributed by atoms with van der Waals surface area (Å²) in [6, 6.07) is 6.12.